The summed E-state index contributed by atoms with van der Waals surface area (Å²) in [6.07, 6.45) is 9.79. The van der Waals surface area contributed by atoms with E-state index in [1.54, 1.807) is 12.1 Å². The summed E-state index contributed by atoms with van der Waals surface area (Å²) < 4.78 is 39.3. The first-order valence-electron chi connectivity index (χ1n) is 9.96. The maximum absolute atomic E-state index is 12.0. The Bertz CT molecular complexity index is 835. The monoisotopic (exact) mass is 444 g/mol. The molecule has 0 aromatic heterocycles. The first-order valence-corrected chi connectivity index (χ1v) is 11.4. The Morgan fingerprint density at radius 3 is 2.07 bits per heavy atom. The van der Waals surface area contributed by atoms with Gasteiger partial charge in [-0.25, -0.2) is 0 Å². The molecule has 0 aliphatic rings. The fraction of sp³-hybridized carbons (Fsp3) is 0.455. The topological polar surface area (TPSA) is 86.7 Å². The molecule has 7 heteroatoms. The normalized spacial score (nSPS) is 11.1. The third-order valence-electron chi connectivity index (χ3n) is 4.67. The summed E-state index contributed by atoms with van der Waals surface area (Å²) in [5.74, 6) is 0.248. The molecular weight excluding hydrogens is 415 g/mol. The Hall–Kier alpha value is -0.414. The molecule has 0 bridgehead atoms. The van der Waals surface area contributed by atoms with Gasteiger partial charge in [-0.2, -0.15) is 8.42 Å². The van der Waals surface area contributed by atoms with Gasteiger partial charge in [0.1, 0.15) is 16.4 Å². The minimum atomic E-state index is -4.44. The Kier molecular flexibility index (Phi) is 12.7. The van der Waals surface area contributed by atoms with Crippen molar-refractivity contribution in [2.45, 2.75) is 69.6 Å². The molecule has 29 heavy (non-hydrogen) atoms. The molecule has 0 spiro atoms. The summed E-state index contributed by atoms with van der Waals surface area (Å²) in [6, 6.07) is 10.6. The van der Waals surface area contributed by atoms with Gasteiger partial charge in [-0.15, -0.1) is 5.75 Å². The van der Waals surface area contributed by atoms with Crippen molar-refractivity contribution < 1.29 is 74.2 Å². The second kappa shape index (κ2) is 13.8. The van der Waals surface area contributed by atoms with Crippen LogP contribution in [0.25, 0.3) is 0 Å². The van der Waals surface area contributed by atoms with E-state index in [0.717, 1.165) is 19.3 Å². The predicted molar refractivity (Wildman–Crippen MR) is 109 cm³/mol. The third kappa shape index (κ3) is 9.51. The van der Waals surface area contributed by atoms with Gasteiger partial charge in [0.15, 0.2) is 0 Å². The van der Waals surface area contributed by atoms with Crippen LogP contribution in [0.5, 0.6) is 17.2 Å². The molecule has 154 valence electrons. The van der Waals surface area contributed by atoms with Crippen LogP contribution in [0.3, 0.4) is 0 Å². The fourth-order valence-corrected chi connectivity index (χ4v) is 4.08. The van der Waals surface area contributed by atoms with Crippen LogP contribution in [0.2, 0.25) is 0 Å². The zero-order valence-corrected chi connectivity index (χ0v) is 21.3. The maximum atomic E-state index is 12.0. The third-order valence-corrected chi connectivity index (χ3v) is 5.65. The number of unbranched alkanes of at least 4 members (excludes halogenated alkanes) is 7. The van der Waals surface area contributed by atoms with Crippen LogP contribution in [0.15, 0.2) is 47.4 Å². The summed E-state index contributed by atoms with van der Waals surface area (Å²) in [6.45, 7) is 2.20. The minimum Gasteiger partial charge on any atom is -0.872 e. The van der Waals surface area contributed by atoms with Gasteiger partial charge < -0.3 is 9.84 Å². The molecule has 0 unspecified atom stereocenters. The van der Waals surface area contributed by atoms with Crippen LogP contribution in [-0.2, 0) is 16.5 Å². The van der Waals surface area contributed by atoms with E-state index in [0.29, 0.717) is 17.7 Å². The SMILES string of the molecule is CCCCCCCCCCc1cccc(Oc2ccc([O-])cc2)c1S(=O)(=O)O.[K+]. The Morgan fingerprint density at radius 1 is 0.897 bits per heavy atom. The molecule has 0 fully saturated rings. The number of benzene rings is 2. The molecule has 0 aliphatic carbocycles. The molecular formula is C22H29KO5S. The van der Waals surface area contributed by atoms with E-state index in [2.05, 4.69) is 6.92 Å². The van der Waals surface area contributed by atoms with Crippen molar-refractivity contribution in [2.24, 2.45) is 0 Å². The molecule has 2 rings (SSSR count). The van der Waals surface area contributed by atoms with Gasteiger partial charge in [0.25, 0.3) is 10.1 Å². The molecule has 0 heterocycles. The standard InChI is InChI=1S/C22H30O5S.K/c1-2-3-4-5-6-7-8-9-11-18-12-10-13-21(22(18)28(24,25)26)27-20-16-14-19(23)15-17-20;/h10,12-17,23H,2-9,11H2,1H3,(H,24,25,26);/q;+1/p-1. The number of ether oxygens (including phenoxy) is 1. The van der Waals surface area contributed by atoms with E-state index in [4.69, 9.17) is 4.74 Å². The molecule has 0 saturated heterocycles. The van der Waals surface area contributed by atoms with Gasteiger partial charge in [0, 0.05) is 0 Å². The van der Waals surface area contributed by atoms with Crippen LogP contribution in [-0.4, -0.2) is 13.0 Å². The Morgan fingerprint density at radius 2 is 1.48 bits per heavy atom. The fourth-order valence-electron chi connectivity index (χ4n) is 3.22. The summed E-state index contributed by atoms with van der Waals surface area (Å²) in [5.41, 5.74) is 0.548. The average molecular weight is 445 g/mol. The molecule has 1 N–H and O–H groups in total. The smallest absolute Gasteiger partial charge is 0.872 e. The Labute approximate surface area is 217 Å². The zero-order chi connectivity index (χ0) is 20.4. The van der Waals surface area contributed by atoms with Crippen molar-refractivity contribution in [1.29, 1.82) is 0 Å². The average Bonchev–Trinajstić information content (AvgIpc) is 2.65. The van der Waals surface area contributed by atoms with E-state index in [1.165, 1.54) is 62.4 Å². The van der Waals surface area contributed by atoms with Crippen LogP contribution in [0, 0.1) is 0 Å². The number of aryl methyl sites for hydroxylation is 1. The van der Waals surface area contributed by atoms with Crippen molar-refractivity contribution in [2.75, 3.05) is 0 Å². The number of hydrogen-bond donors (Lipinski definition) is 1. The van der Waals surface area contributed by atoms with Crippen molar-refractivity contribution >= 4 is 10.1 Å². The van der Waals surface area contributed by atoms with E-state index in [-0.39, 0.29) is 67.8 Å². The van der Waals surface area contributed by atoms with Crippen molar-refractivity contribution in [3.05, 3.63) is 48.0 Å². The number of hydrogen-bond acceptors (Lipinski definition) is 4. The Balaban J connectivity index is 0.00000420. The summed E-state index contributed by atoms with van der Waals surface area (Å²) in [5, 5.41) is 11.2. The van der Waals surface area contributed by atoms with Gasteiger partial charge in [-0.1, -0.05) is 76.1 Å². The van der Waals surface area contributed by atoms with E-state index >= 15 is 0 Å². The molecule has 5 nitrogen and oxygen atoms in total. The van der Waals surface area contributed by atoms with Crippen LogP contribution >= 0.6 is 0 Å². The maximum Gasteiger partial charge on any atom is 1.00 e. The van der Waals surface area contributed by atoms with Gasteiger partial charge >= 0.3 is 51.4 Å². The van der Waals surface area contributed by atoms with E-state index < -0.39 is 10.1 Å². The summed E-state index contributed by atoms with van der Waals surface area (Å²) in [4.78, 5) is -0.191. The second-order valence-corrected chi connectivity index (χ2v) is 8.38. The van der Waals surface area contributed by atoms with Gasteiger partial charge in [0.05, 0.1) is 0 Å². The van der Waals surface area contributed by atoms with Crippen LogP contribution < -0.4 is 61.2 Å². The summed E-state index contributed by atoms with van der Waals surface area (Å²) in [7, 11) is -4.44. The van der Waals surface area contributed by atoms with E-state index in [1.807, 2.05) is 0 Å². The molecule has 0 radical (unpaired) electrons. The van der Waals surface area contributed by atoms with Crippen molar-refractivity contribution in [3.8, 4) is 17.2 Å². The molecule has 2 aromatic rings. The van der Waals surface area contributed by atoms with Gasteiger partial charge in [0.2, 0.25) is 0 Å². The second-order valence-electron chi connectivity index (χ2n) is 7.02. The van der Waals surface area contributed by atoms with Crippen LogP contribution in [0.4, 0.5) is 0 Å². The molecule has 2 aromatic carbocycles. The zero-order valence-electron chi connectivity index (χ0n) is 17.4. The quantitative estimate of drug-likeness (QED) is 0.309. The number of rotatable bonds is 12. The predicted octanol–water partition coefficient (Wildman–Crippen LogP) is 2.49. The first kappa shape index (κ1) is 26.6. The summed E-state index contributed by atoms with van der Waals surface area (Å²) >= 11 is 0. The van der Waals surface area contributed by atoms with E-state index in [9.17, 15) is 18.1 Å². The molecule has 0 aliphatic heterocycles. The first-order chi connectivity index (χ1) is 13.4. The largest absolute Gasteiger partial charge is 1.00 e. The van der Waals surface area contributed by atoms with Crippen LogP contribution in [0.1, 0.15) is 63.9 Å². The van der Waals surface area contributed by atoms with Gasteiger partial charge in [-0.3, -0.25) is 4.55 Å². The van der Waals surface area contributed by atoms with Gasteiger partial charge in [-0.05, 0) is 36.6 Å². The van der Waals surface area contributed by atoms with Crippen molar-refractivity contribution in [3.63, 3.8) is 0 Å². The minimum absolute atomic E-state index is 0. The molecule has 0 saturated carbocycles. The molecule has 0 amide bonds. The van der Waals surface area contributed by atoms with Crippen molar-refractivity contribution in [1.82, 2.24) is 0 Å². The molecule has 0 atom stereocenters.